The number of aliphatic hydroxyl groups is 1. The number of carbonyl (C=O) groups is 2. The summed E-state index contributed by atoms with van der Waals surface area (Å²) in [7, 11) is 0. The minimum absolute atomic E-state index is 0.0521. The number of benzene rings is 2. The van der Waals surface area contributed by atoms with Crippen molar-refractivity contribution in [3.05, 3.63) is 78.0 Å². The van der Waals surface area contributed by atoms with Crippen LogP contribution in [0.3, 0.4) is 0 Å². The number of carbonyl (C=O) groups excluding carboxylic acids is 2. The molecule has 7 nitrogen and oxygen atoms in total. The lowest BCUT2D eigenvalue weighted by molar-refractivity contribution is -0.114. The van der Waals surface area contributed by atoms with E-state index in [9.17, 15) is 14.7 Å². The Labute approximate surface area is 156 Å². The molecule has 2 amide bonds. The van der Waals surface area contributed by atoms with E-state index in [1.807, 2.05) is 48.5 Å². The summed E-state index contributed by atoms with van der Waals surface area (Å²) in [5.41, 5.74) is 1.57. The molecule has 0 fully saturated rings. The Morgan fingerprint density at radius 1 is 1.07 bits per heavy atom. The summed E-state index contributed by atoms with van der Waals surface area (Å²) in [6, 6.07) is 19.7. The first-order valence-electron chi connectivity index (χ1n) is 8.49. The molecule has 0 saturated heterocycles. The molecule has 3 N–H and O–H groups in total. The van der Waals surface area contributed by atoms with Crippen LogP contribution < -0.4 is 10.6 Å². The fourth-order valence-electron chi connectivity index (χ4n) is 2.60. The molecule has 1 aromatic heterocycles. The number of amides is 2. The van der Waals surface area contributed by atoms with Crippen LogP contribution in [-0.4, -0.2) is 33.2 Å². The molecule has 0 aliphatic rings. The van der Waals surface area contributed by atoms with E-state index in [0.717, 1.165) is 0 Å². The molecule has 7 heteroatoms. The van der Waals surface area contributed by atoms with Gasteiger partial charge < -0.3 is 15.7 Å². The van der Waals surface area contributed by atoms with Gasteiger partial charge in [0.05, 0.1) is 11.8 Å². The van der Waals surface area contributed by atoms with Gasteiger partial charge >= 0.3 is 0 Å². The van der Waals surface area contributed by atoms with Crippen LogP contribution in [0.25, 0.3) is 5.69 Å². The van der Waals surface area contributed by atoms with Crippen molar-refractivity contribution in [2.75, 3.05) is 11.9 Å². The Balaban J connectivity index is 1.76. The van der Waals surface area contributed by atoms with Crippen LogP contribution in [0.4, 0.5) is 5.82 Å². The van der Waals surface area contributed by atoms with Crippen molar-refractivity contribution in [2.24, 2.45) is 0 Å². The molecule has 1 atom stereocenters. The van der Waals surface area contributed by atoms with Crippen LogP contribution >= 0.6 is 0 Å². The van der Waals surface area contributed by atoms with Crippen LogP contribution in [0.5, 0.6) is 0 Å². The maximum absolute atomic E-state index is 12.5. The van der Waals surface area contributed by atoms with Gasteiger partial charge in [0.15, 0.2) is 5.69 Å². The highest BCUT2D eigenvalue weighted by Crippen LogP contribution is 2.18. The molecule has 2 aromatic carbocycles. The Morgan fingerprint density at radius 3 is 2.33 bits per heavy atom. The van der Waals surface area contributed by atoms with Gasteiger partial charge in [-0.2, -0.15) is 5.10 Å². The molecule has 1 unspecified atom stereocenters. The van der Waals surface area contributed by atoms with E-state index < -0.39 is 12.0 Å². The van der Waals surface area contributed by atoms with E-state index in [1.54, 1.807) is 12.1 Å². The van der Waals surface area contributed by atoms with Crippen molar-refractivity contribution in [1.29, 1.82) is 0 Å². The average Bonchev–Trinajstić information content (AvgIpc) is 3.10. The highest BCUT2D eigenvalue weighted by Gasteiger charge is 2.17. The summed E-state index contributed by atoms with van der Waals surface area (Å²) in [6.45, 7) is 1.44. The molecular formula is C20H20N4O3. The second-order valence-electron chi connectivity index (χ2n) is 5.98. The first kappa shape index (κ1) is 18.3. The molecule has 0 radical (unpaired) electrons. The van der Waals surface area contributed by atoms with Gasteiger partial charge in [-0.1, -0.05) is 48.5 Å². The first-order chi connectivity index (χ1) is 13.0. The number of nitrogens with one attached hydrogen (secondary N) is 2. The first-order valence-corrected chi connectivity index (χ1v) is 8.49. The number of rotatable bonds is 6. The van der Waals surface area contributed by atoms with Gasteiger partial charge in [-0.3, -0.25) is 9.59 Å². The number of para-hydroxylation sites is 1. The molecule has 0 aliphatic heterocycles. The Morgan fingerprint density at radius 2 is 1.70 bits per heavy atom. The smallest absolute Gasteiger partial charge is 0.271 e. The van der Waals surface area contributed by atoms with Crippen molar-refractivity contribution < 1.29 is 14.7 Å². The summed E-state index contributed by atoms with van der Waals surface area (Å²) in [5.74, 6) is -0.313. The predicted octanol–water partition coefficient (Wildman–Crippen LogP) is 2.29. The normalized spacial score (nSPS) is 11.6. The van der Waals surface area contributed by atoms with Crippen LogP contribution in [0, 0.1) is 0 Å². The number of hydrogen-bond acceptors (Lipinski definition) is 4. The SMILES string of the molecule is CC(=O)Nc1cc(C(=O)NCC(O)c2ccccc2)nn1-c1ccccc1. The molecule has 3 rings (SSSR count). The van der Waals surface area contributed by atoms with Gasteiger partial charge in [0.2, 0.25) is 5.91 Å². The molecule has 138 valence electrons. The van der Waals surface area contributed by atoms with E-state index in [4.69, 9.17) is 0 Å². The highest BCUT2D eigenvalue weighted by atomic mass is 16.3. The third-order valence-corrected chi connectivity index (χ3v) is 3.89. The maximum Gasteiger partial charge on any atom is 0.271 e. The van der Waals surface area contributed by atoms with Crippen molar-refractivity contribution in [3.8, 4) is 5.69 Å². The third kappa shape index (κ3) is 4.59. The molecular weight excluding hydrogens is 344 g/mol. The molecule has 3 aromatic rings. The predicted molar refractivity (Wildman–Crippen MR) is 102 cm³/mol. The second-order valence-corrected chi connectivity index (χ2v) is 5.98. The average molecular weight is 364 g/mol. The van der Waals surface area contributed by atoms with Gasteiger partial charge in [-0.15, -0.1) is 0 Å². The summed E-state index contributed by atoms with van der Waals surface area (Å²) < 4.78 is 1.49. The Kier molecular flexibility index (Phi) is 5.63. The Bertz CT molecular complexity index is 923. The lowest BCUT2D eigenvalue weighted by atomic mass is 10.1. The molecule has 0 saturated carbocycles. The molecule has 0 bridgehead atoms. The van der Waals surface area contributed by atoms with Crippen LogP contribution in [0.15, 0.2) is 66.7 Å². The zero-order valence-electron chi connectivity index (χ0n) is 14.8. The van der Waals surface area contributed by atoms with E-state index in [2.05, 4.69) is 15.7 Å². The number of aromatic nitrogens is 2. The number of anilines is 1. The van der Waals surface area contributed by atoms with E-state index in [1.165, 1.54) is 17.7 Å². The van der Waals surface area contributed by atoms with Gasteiger partial charge in [0.1, 0.15) is 5.82 Å². The lowest BCUT2D eigenvalue weighted by Crippen LogP contribution is -2.28. The van der Waals surface area contributed by atoms with E-state index >= 15 is 0 Å². The van der Waals surface area contributed by atoms with Crippen LogP contribution in [0.2, 0.25) is 0 Å². The van der Waals surface area contributed by atoms with Gasteiger partial charge in [0.25, 0.3) is 5.91 Å². The summed E-state index contributed by atoms with van der Waals surface area (Å²) in [5, 5.41) is 19.8. The fourth-order valence-corrected chi connectivity index (χ4v) is 2.60. The monoisotopic (exact) mass is 364 g/mol. The van der Waals surface area contributed by atoms with Crippen molar-refractivity contribution in [2.45, 2.75) is 13.0 Å². The standard InChI is InChI=1S/C20H20N4O3/c1-14(25)22-19-12-17(23-24(19)16-10-6-3-7-11-16)20(27)21-13-18(26)15-8-4-2-5-9-15/h2-12,18,26H,13H2,1H3,(H,21,27)(H,22,25). The molecule has 1 heterocycles. The van der Waals surface area contributed by atoms with Gasteiger partial charge in [0, 0.05) is 19.5 Å². The quantitative estimate of drug-likeness (QED) is 0.625. The molecule has 27 heavy (non-hydrogen) atoms. The number of aliphatic hydroxyl groups excluding tert-OH is 1. The van der Waals surface area contributed by atoms with E-state index in [-0.39, 0.29) is 18.1 Å². The van der Waals surface area contributed by atoms with Crippen LogP contribution in [0.1, 0.15) is 29.1 Å². The van der Waals surface area contributed by atoms with Crippen molar-refractivity contribution in [3.63, 3.8) is 0 Å². The minimum atomic E-state index is -0.818. The third-order valence-electron chi connectivity index (χ3n) is 3.89. The maximum atomic E-state index is 12.5. The largest absolute Gasteiger partial charge is 0.387 e. The number of nitrogens with zero attached hydrogens (tertiary/aromatic N) is 2. The van der Waals surface area contributed by atoms with Crippen molar-refractivity contribution in [1.82, 2.24) is 15.1 Å². The lowest BCUT2D eigenvalue weighted by Gasteiger charge is -2.11. The zero-order valence-corrected chi connectivity index (χ0v) is 14.8. The van der Waals surface area contributed by atoms with Crippen molar-refractivity contribution >= 4 is 17.6 Å². The molecule has 0 spiro atoms. The number of hydrogen-bond donors (Lipinski definition) is 3. The summed E-state index contributed by atoms with van der Waals surface area (Å²) in [6.07, 6.45) is -0.818. The molecule has 0 aliphatic carbocycles. The Hall–Kier alpha value is -3.45. The van der Waals surface area contributed by atoms with Gasteiger partial charge in [-0.05, 0) is 17.7 Å². The summed E-state index contributed by atoms with van der Waals surface area (Å²) >= 11 is 0. The van der Waals surface area contributed by atoms with E-state index in [0.29, 0.717) is 17.1 Å². The minimum Gasteiger partial charge on any atom is -0.387 e. The fraction of sp³-hybridized carbons (Fsp3) is 0.150. The van der Waals surface area contributed by atoms with Crippen LogP contribution in [-0.2, 0) is 4.79 Å². The van der Waals surface area contributed by atoms with Gasteiger partial charge in [-0.25, -0.2) is 4.68 Å². The topological polar surface area (TPSA) is 96.2 Å². The second kappa shape index (κ2) is 8.29. The highest BCUT2D eigenvalue weighted by molar-refractivity contribution is 5.95. The summed E-state index contributed by atoms with van der Waals surface area (Å²) in [4.78, 5) is 23.9. The zero-order chi connectivity index (χ0) is 19.2.